The first-order valence-corrected chi connectivity index (χ1v) is 7.20. The van der Waals surface area contributed by atoms with Gasteiger partial charge in [0.1, 0.15) is 0 Å². The van der Waals surface area contributed by atoms with Crippen LogP contribution in [-0.4, -0.2) is 36.1 Å². The highest BCUT2D eigenvalue weighted by Crippen LogP contribution is 2.26. The van der Waals surface area contributed by atoms with E-state index in [1.54, 1.807) is 11.3 Å². The molecule has 1 aliphatic heterocycles. The van der Waals surface area contributed by atoms with Crippen molar-refractivity contribution in [1.82, 2.24) is 15.2 Å². The topological polar surface area (TPSA) is 28.2 Å². The quantitative estimate of drug-likeness (QED) is 0.895. The van der Waals surface area contributed by atoms with Gasteiger partial charge in [-0.25, -0.2) is 4.98 Å². The highest BCUT2D eigenvalue weighted by Gasteiger charge is 2.21. The van der Waals surface area contributed by atoms with Gasteiger partial charge in [0.05, 0.1) is 10.7 Å². The Bertz CT molecular complexity index is 361. The van der Waals surface area contributed by atoms with Crippen molar-refractivity contribution in [2.24, 2.45) is 0 Å². The molecule has 1 unspecified atom stereocenters. The normalized spacial score (nSPS) is 21.4. The molecule has 4 heteroatoms. The first-order valence-electron chi connectivity index (χ1n) is 6.32. The van der Waals surface area contributed by atoms with E-state index in [2.05, 4.69) is 43.4 Å². The summed E-state index contributed by atoms with van der Waals surface area (Å²) in [6.07, 6.45) is 1.26. The highest BCUT2D eigenvalue weighted by atomic mass is 32.1. The molecule has 0 amide bonds. The second kappa shape index (κ2) is 5.04. The molecule has 96 valence electrons. The van der Waals surface area contributed by atoms with Gasteiger partial charge in [0.25, 0.3) is 0 Å². The third-order valence-electron chi connectivity index (χ3n) is 3.26. The van der Waals surface area contributed by atoms with Crippen LogP contribution in [0.25, 0.3) is 0 Å². The molecule has 1 aromatic rings. The summed E-state index contributed by atoms with van der Waals surface area (Å²) in [6.45, 7) is 9.91. The van der Waals surface area contributed by atoms with Crippen molar-refractivity contribution in [3.63, 3.8) is 0 Å². The highest BCUT2D eigenvalue weighted by molar-refractivity contribution is 7.09. The van der Waals surface area contributed by atoms with Gasteiger partial charge < -0.3 is 5.32 Å². The first kappa shape index (κ1) is 13.0. The summed E-state index contributed by atoms with van der Waals surface area (Å²) in [5, 5.41) is 6.86. The van der Waals surface area contributed by atoms with Crippen LogP contribution in [0.4, 0.5) is 0 Å². The van der Waals surface area contributed by atoms with Gasteiger partial charge >= 0.3 is 0 Å². The maximum Gasteiger partial charge on any atom is 0.0982 e. The molecule has 0 bridgehead atoms. The Morgan fingerprint density at radius 2 is 2.29 bits per heavy atom. The van der Waals surface area contributed by atoms with Crippen molar-refractivity contribution < 1.29 is 0 Å². The van der Waals surface area contributed by atoms with Crippen molar-refractivity contribution in [2.45, 2.75) is 45.2 Å². The Labute approximate surface area is 108 Å². The van der Waals surface area contributed by atoms with Gasteiger partial charge in [-0.15, -0.1) is 11.3 Å². The molecule has 0 aromatic carbocycles. The third-order valence-corrected chi connectivity index (χ3v) is 4.58. The Kier molecular flexibility index (Phi) is 3.85. The minimum Gasteiger partial charge on any atom is -0.315 e. The molecule has 0 aliphatic carbocycles. The van der Waals surface area contributed by atoms with Gasteiger partial charge in [-0.1, -0.05) is 20.8 Å². The first-order chi connectivity index (χ1) is 7.97. The number of likely N-dealkylation sites (N-methyl/N-ethyl adjacent to an activating group) is 1. The predicted octanol–water partition coefficient (Wildman–Crippen LogP) is 2.23. The Morgan fingerprint density at radius 3 is 2.82 bits per heavy atom. The van der Waals surface area contributed by atoms with Crippen molar-refractivity contribution in [3.8, 4) is 0 Å². The van der Waals surface area contributed by atoms with Crippen LogP contribution in [0.1, 0.15) is 37.9 Å². The SMILES string of the molecule is CN(Cc1csc(C(C)(C)C)n1)C1CCNC1. The Hall–Kier alpha value is -0.450. The molecule has 0 spiro atoms. The van der Waals surface area contributed by atoms with E-state index in [-0.39, 0.29) is 5.41 Å². The van der Waals surface area contributed by atoms with Crippen molar-refractivity contribution in [2.75, 3.05) is 20.1 Å². The van der Waals surface area contributed by atoms with Gasteiger partial charge in [-0.3, -0.25) is 4.90 Å². The van der Waals surface area contributed by atoms with E-state index >= 15 is 0 Å². The van der Waals surface area contributed by atoms with Crippen LogP contribution in [0.5, 0.6) is 0 Å². The van der Waals surface area contributed by atoms with Gasteiger partial charge in [-0.2, -0.15) is 0 Å². The van der Waals surface area contributed by atoms with Crippen molar-refractivity contribution in [3.05, 3.63) is 16.1 Å². The summed E-state index contributed by atoms with van der Waals surface area (Å²) in [5.74, 6) is 0. The molecule has 1 fully saturated rings. The number of hydrogen-bond acceptors (Lipinski definition) is 4. The fraction of sp³-hybridized carbons (Fsp3) is 0.769. The zero-order valence-electron chi connectivity index (χ0n) is 11.3. The minimum atomic E-state index is 0.177. The van der Waals surface area contributed by atoms with E-state index in [1.807, 2.05) is 0 Å². The summed E-state index contributed by atoms with van der Waals surface area (Å²) in [6, 6.07) is 0.676. The lowest BCUT2D eigenvalue weighted by Gasteiger charge is -2.22. The standard InChI is InChI=1S/C13H23N3S/c1-13(2,3)12-15-10(9-17-12)8-16(4)11-5-6-14-7-11/h9,11,14H,5-8H2,1-4H3. The molecule has 2 heterocycles. The fourth-order valence-electron chi connectivity index (χ4n) is 2.12. The zero-order valence-corrected chi connectivity index (χ0v) is 12.1. The number of aromatic nitrogens is 1. The molecule has 1 N–H and O–H groups in total. The van der Waals surface area contributed by atoms with E-state index in [9.17, 15) is 0 Å². The van der Waals surface area contributed by atoms with E-state index in [1.165, 1.54) is 17.1 Å². The third kappa shape index (κ3) is 3.27. The van der Waals surface area contributed by atoms with Gasteiger partial charge in [-0.05, 0) is 20.0 Å². The average molecular weight is 253 g/mol. The lowest BCUT2D eigenvalue weighted by molar-refractivity contribution is 0.246. The molecule has 0 radical (unpaired) electrons. The molecular formula is C13H23N3S. The van der Waals surface area contributed by atoms with E-state index in [0.29, 0.717) is 6.04 Å². The van der Waals surface area contributed by atoms with Crippen molar-refractivity contribution >= 4 is 11.3 Å². The number of rotatable bonds is 3. The lowest BCUT2D eigenvalue weighted by Crippen LogP contribution is -2.33. The fourth-order valence-corrected chi connectivity index (χ4v) is 3.02. The summed E-state index contributed by atoms with van der Waals surface area (Å²) < 4.78 is 0. The van der Waals surface area contributed by atoms with Gasteiger partial charge in [0.15, 0.2) is 0 Å². The predicted molar refractivity (Wildman–Crippen MR) is 73.6 cm³/mol. The van der Waals surface area contributed by atoms with Crippen LogP contribution >= 0.6 is 11.3 Å². The molecular weight excluding hydrogens is 230 g/mol. The molecule has 1 saturated heterocycles. The van der Waals surface area contributed by atoms with E-state index in [0.717, 1.165) is 19.6 Å². The van der Waals surface area contributed by atoms with Crippen LogP contribution in [0.15, 0.2) is 5.38 Å². The monoisotopic (exact) mass is 253 g/mol. The Balaban J connectivity index is 1.96. The molecule has 1 atom stereocenters. The van der Waals surface area contributed by atoms with Gasteiger partial charge in [0, 0.05) is 29.9 Å². The minimum absolute atomic E-state index is 0.177. The molecule has 1 aromatic heterocycles. The number of hydrogen-bond donors (Lipinski definition) is 1. The summed E-state index contributed by atoms with van der Waals surface area (Å²) >= 11 is 1.79. The van der Waals surface area contributed by atoms with E-state index < -0.39 is 0 Å². The number of thiazole rings is 1. The van der Waals surface area contributed by atoms with Gasteiger partial charge in [0.2, 0.25) is 0 Å². The maximum atomic E-state index is 4.75. The van der Waals surface area contributed by atoms with Crippen LogP contribution in [0.2, 0.25) is 0 Å². The van der Waals surface area contributed by atoms with Crippen LogP contribution in [0, 0.1) is 0 Å². The summed E-state index contributed by atoms with van der Waals surface area (Å²) in [7, 11) is 2.20. The van der Waals surface area contributed by atoms with Crippen molar-refractivity contribution in [1.29, 1.82) is 0 Å². The molecule has 1 aliphatic rings. The van der Waals surface area contributed by atoms with Crippen LogP contribution in [0.3, 0.4) is 0 Å². The molecule has 17 heavy (non-hydrogen) atoms. The average Bonchev–Trinajstić information content (AvgIpc) is 2.85. The smallest absolute Gasteiger partial charge is 0.0982 e. The van der Waals surface area contributed by atoms with Crippen LogP contribution < -0.4 is 5.32 Å². The molecule has 3 nitrogen and oxygen atoms in total. The summed E-state index contributed by atoms with van der Waals surface area (Å²) in [5.41, 5.74) is 1.39. The summed E-state index contributed by atoms with van der Waals surface area (Å²) in [4.78, 5) is 7.17. The maximum absolute atomic E-state index is 4.75. The number of nitrogens with one attached hydrogen (secondary N) is 1. The lowest BCUT2D eigenvalue weighted by atomic mass is 9.98. The second-order valence-corrected chi connectivity index (χ2v) is 6.81. The molecule has 0 saturated carbocycles. The van der Waals surface area contributed by atoms with E-state index in [4.69, 9.17) is 4.98 Å². The zero-order chi connectivity index (χ0) is 12.5. The number of nitrogens with zero attached hydrogens (tertiary/aromatic N) is 2. The molecule has 2 rings (SSSR count). The van der Waals surface area contributed by atoms with Crippen LogP contribution in [-0.2, 0) is 12.0 Å². The largest absolute Gasteiger partial charge is 0.315 e. The second-order valence-electron chi connectivity index (χ2n) is 5.96. The Morgan fingerprint density at radius 1 is 1.53 bits per heavy atom.